The number of aromatic nitrogens is 1. The van der Waals surface area contributed by atoms with Gasteiger partial charge in [-0.1, -0.05) is 48.5 Å². The molecule has 24 heavy (non-hydrogen) atoms. The van der Waals surface area contributed by atoms with E-state index < -0.39 is 0 Å². The molecule has 1 heterocycles. The van der Waals surface area contributed by atoms with Gasteiger partial charge in [0.1, 0.15) is 0 Å². The van der Waals surface area contributed by atoms with E-state index in [0.29, 0.717) is 12.1 Å². The van der Waals surface area contributed by atoms with Crippen molar-refractivity contribution in [3.8, 4) is 11.1 Å². The van der Waals surface area contributed by atoms with Crippen LogP contribution in [0.5, 0.6) is 0 Å². The maximum absolute atomic E-state index is 12.2. The first-order valence-electron chi connectivity index (χ1n) is 7.73. The Morgan fingerprint density at radius 3 is 2.25 bits per heavy atom. The van der Waals surface area contributed by atoms with Gasteiger partial charge in [-0.3, -0.25) is 9.59 Å². The Bertz CT molecular complexity index is 897. The molecule has 3 rings (SSSR count). The Morgan fingerprint density at radius 2 is 1.58 bits per heavy atom. The van der Waals surface area contributed by atoms with Crippen LogP contribution in [0.1, 0.15) is 15.9 Å². The highest BCUT2D eigenvalue weighted by molar-refractivity contribution is 5.94. The lowest BCUT2D eigenvalue weighted by Crippen LogP contribution is -2.24. The second kappa shape index (κ2) is 6.96. The summed E-state index contributed by atoms with van der Waals surface area (Å²) in [5.41, 5.74) is 3.62. The first-order chi connectivity index (χ1) is 11.6. The fourth-order valence-electron chi connectivity index (χ4n) is 2.48. The van der Waals surface area contributed by atoms with E-state index in [1.54, 1.807) is 19.3 Å². The van der Waals surface area contributed by atoms with Crippen LogP contribution in [-0.4, -0.2) is 10.5 Å². The number of carbonyl (C=O) groups is 1. The number of rotatable bonds is 4. The molecule has 0 unspecified atom stereocenters. The highest BCUT2D eigenvalue weighted by Crippen LogP contribution is 2.19. The van der Waals surface area contributed by atoms with Crippen LogP contribution in [0.4, 0.5) is 0 Å². The van der Waals surface area contributed by atoms with Gasteiger partial charge in [-0.15, -0.1) is 0 Å². The minimum Gasteiger partial charge on any atom is -0.348 e. The van der Waals surface area contributed by atoms with Crippen molar-refractivity contribution in [1.82, 2.24) is 9.88 Å². The topological polar surface area (TPSA) is 51.1 Å². The van der Waals surface area contributed by atoms with E-state index in [1.807, 2.05) is 54.6 Å². The van der Waals surface area contributed by atoms with Crippen molar-refractivity contribution in [2.45, 2.75) is 6.54 Å². The molecule has 1 aromatic heterocycles. The van der Waals surface area contributed by atoms with Crippen molar-refractivity contribution >= 4 is 5.91 Å². The molecule has 0 saturated carbocycles. The number of amides is 1. The number of hydrogen-bond acceptors (Lipinski definition) is 2. The lowest BCUT2D eigenvalue weighted by Gasteiger charge is -2.07. The van der Waals surface area contributed by atoms with Gasteiger partial charge in [0.15, 0.2) is 0 Å². The van der Waals surface area contributed by atoms with Gasteiger partial charge in [-0.25, -0.2) is 0 Å². The summed E-state index contributed by atoms with van der Waals surface area (Å²) >= 11 is 0. The van der Waals surface area contributed by atoms with Gasteiger partial charge >= 0.3 is 0 Å². The molecule has 0 aliphatic heterocycles. The molecule has 0 fully saturated rings. The third-order valence-electron chi connectivity index (χ3n) is 3.85. The maximum atomic E-state index is 12.2. The molecule has 2 aromatic carbocycles. The monoisotopic (exact) mass is 318 g/mol. The molecule has 0 atom stereocenters. The van der Waals surface area contributed by atoms with E-state index in [1.165, 1.54) is 10.6 Å². The molecule has 0 aliphatic carbocycles. The Labute approximate surface area is 140 Å². The number of pyridine rings is 1. The maximum Gasteiger partial charge on any atom is 0.251 e. The number of hydrogen-bond donors (Lipinski definition) is 1. The number of carbonyl (C=O) groups excluding carboxylic acids is 1. The number of nitrogens with one attached hydrogen (secondary N) is 1. The van der Waals surface area contributed by atoms with Crippen LogP contribution in [0.3, 0.4) is 0 Å². The lowest BCUT2D eigenvalue weighted by molar-refractivity contribution is 0.0951. The quantitative estimate of drug-likeness (QED) is 0.804. The summed E-state index contributed by atoms with van der Waals surface area (Å²) in [6.07, 6.45) is 1.72. The smallest absolute Gasteiger partial charge is 0.251 e. The normalized spacial score (nSPS) is 10.4. The van der Waals surface area contributed by atoms with Gasteiger partial charge in [0.2, 0.25) is 5.56 Å². The van der Waals surface area contributed by atoms with Crippen LogP contribution >= 0.6 is 0 Å². The van der Waals surface area contributed by atoms with E-state index in [4.69, 9.17) is 0 Å². The predicted octanol–water partition coefficient (Wildman–Crippen LogP) is 2.98. The van der Waals surface area contributed by atoms with Gasteiger partial charge in [0.25, 0.3) is 5.91 Å². The highest BCUT2D eigenvalue weighted by atomic mass is 16.1. The van der Waals surface area contributed by atoms with Crippen molar-refractivity contribution in [3.05, 3.63) is 94.4 Å². The van der Waals surface area contributed by atoms with Gasteiger partial charge in [-0.05, 0) is 28.8 Å². The molecule has 0 radical (unpaired) electrons. The van der Waals surface area contributed by atoms with E-state index >= 15 is 0 Å². The minimum absolute atomic E-state index is 0.0680. The van der Waals surface area contributed by atoms with Crippen LogP contribution < -0.4 is 10.9 Å². The summed E-state index contributed by atoms with van der Waals surface area (Å²) < 4.78 is 1.50. The average molecular weight is 318 g/mol. The molecule has 1 amide bonds. The minimum atomic E-state index is -0.136. The Kier molecular flexibility index (Phi) is 4.57. The highest BCUT2D eigenvalue weighted by Gasteiger charge is 2.06. The predicted molar refractivity (Wildman–Crippen MR) is 94.7 cm³/mol. The standard InChI is InChI=1S/C20H18N2O2/c1-22-14-15(7-12-19(22)23)13-21-20(24)18-10-8-17(9-11-18)16-5-3-2-4-6-16/h2-12,14H,13H2,1H3,(H,21,24). The first kappa shape index (κ1) is 15.7. The summed E-state index contributed by atoms with van der Waals surface area (Å²) in [7, 11) is 1.69. The fourth-order valence-corrected chi connectivity index (χ4v) is 2.48. The molecule has 120 valence electrons. The van der Waals surface area contributed by atoms with E-state index in [2.05, 4.69) is 5.32 Å². The third kappa shape index (κ3) is 3.60. The number of benzene rings is 2. The molecule has 3 aromatic rings. The van der Waals surface area contributed by atoms with Crippen LogP contribution in [0.25, 0.3) is 11.1 Å². The molecule has 0 bridgehead atoms. The summed E-state index contributed by atoms with van der Waals surface area (Å²) in [6, 6.07) is 20.8. The molecule has 1 N–H and O–H groups in total. The summed E-state index contributed by atoms with van der Waals surface area (Å²) in [6.45, 7) is 0.382. The zero-order valence-electron chi connectivity index (χ0n) is 13.4. The second-order valence-corrected chi connectivity index (χ2v) is 5.61. The van der Waals surface area contributed by atoms with Crippen molar-refractivity contribution in [3.63, 3.8) is 0 Å². The molecule has 0 spiro atoms. The molecule has 0 aliphatic rings. The van der Waals surface area contributed by atoms with Crippen molar-refractivity contribution in [1.29, 1.82) is 0 Å². The number of nitrogens with zero attached hydrogens (tertiary/aromatic N) is 1. The first-order valence-corrected chi connectivity index (χ1v) is 7.73. The van der Waals surface area contributed by atoms with Crippen LogP contribution in [0, 0.1) is 0 Å². The van der Waals surface area contributed by atoms with Crippen LogP contribution in [0.2, 0.25) is 0 Å². The lowest BCUT2D eigenvalue weighted by atomic mass is 10.0. The fraction of sp³-hybridized carbons (Fsp3) is 0.100. The van der Waals surface area contributed by atoms with Crippen molar-refractivity contribution < 1.29 is 4.79 Å². The molecular formula is C20H18N2O2. The van der Waals surface area contributed by atoms with E-state index in [9.17, 15) is 9.59 Å². The summed E-state index contributed by atoms with van der Waals surface area (Å²) in [5, 5.41) is 2.87. The SMILES string of the molecule is Cn1cc(CNC(=O)c2ccc(-c3ccccc3)cc2)ccc1=O. The summed E-state index contributed by atoms with van der Waals surface area (Å²) in [4.78, 5) is 23.6. The van der Waals surface area contributed by atoms with Crippen molar-refractivity contribution in [2.75, 3.05) is 0 Å². The van der Waals surface area contributed by atoms with E-state index in [0.717, 1.165) is 16.7 Å². The zero-order valence-corrected chi connectivity index (χ0v) is 13.4. The Morgan fingerprint density at radius 1 is 0.917 bits per heavy atom. The average Bonchev–Trinajstić information content (AvgIpc) is 2.63. The molecule has 4 nitrogen and oxygen atoms in total. The van der Waals surface area contributed by atoms with Gasteiger partial charge in [0, 0.05) is 31.4 Å². The van der Waals surface area contributed by atoms with Gasteiger partial charge in [0.05, 0.1) is 0 Å². The zero-order chi connectivity index (χ0) is 16.9. The van der Waals surface area contributed by atoms with Gasteiger partial charge in [-0.2, -0.15) is 0 Å². The van der Waals surface area contributed by atoms with Crippen LogP contribution in [-0.2, 0) is 13.6 Å². The van der Waals surface area contributed by atoms with Crippen molar-refractivity contribution in [2.24, 2.45) is 7.05 Å². The largest absolute Gasteiger partial charge is 0.348 e. The Balaban J connectivity index is 1.67. The summed E-state index contributed by atoms with van der Waals surface area (Å²) in [5.74, 6) is -0.136. The second-order valence-electron chi connectivity index (χ2n) is 5.61. The Hall–Kier alpha value is -3.14. The number of aryl methyl sites for hydroxylation is 1. The molecule has 4 heteroatoms. The third-order valence-corrected chi connectivity index (χ3v) is 3.85. The van der Waals surface area contributed by atoms with Gasteiger partial charge < -0.3 is 9.88 Å². The van der Waals surface area contributed by atoms with E-state index in [-0.39, 0.29) is 11.5 Å². The molecular weight excluding hydrogens is 300 g/mol. The van der Waals surface area contributed by atoms with Crippen LogP contribution in [0.15, 0.2) is 77.7 Å². The molecule has 0 saturated heterocycles.